The number of hydrogen-bond acceptors (Lipinski definition) is 4. The summed E-state index contributed by atoms with van der Waals surface area (Å²) in [5.41, 5.74) is 0.576. The van der Waals surface area contributed by atoms with E-state index in [1.54, 1.807) is 30.3 Å². The number of anilines is 2. The number of benzene rings is 1. The lowest BCUT2D eigenvalue weighted by Gasteiger charge is -2.20. The van der Waals surface area contributed by atoms with Crippen molar-refractivity contribution in [1.82, 2.24) is 10.2 Å². The zero-order valence-electron chi connectivity index (χ0n) is 12.4. The Morgan fingerprint density at radius 1 is 1.05 bits per heavy atom. The molecule has 2 aromatic rings. The average Bonchev–Trinajstić information content (AvgIpc) is 2.36. The van der Waals surface area contributed by atoms with Crippen LogP contribution in [0.5, 0.6) is 0 Å². The summed E-state index contributed by atoms with van der Waals surface area (Å²) in [6.45, 7) is 6.04. The molecule has 1 aromatic heterocycles. The maximum atomic E-state index is 12.1. The molecule has 1 amide bonds. The molecule has 0 bridgehead atoms. The zero-order chi connectivity index (χ0) is 16.3. The number of amides is 1. The van der Waals surface area contributed by atoms with Gasteiger partial charge in [-0.15, -0.1) is 10.2 Å². The molecule has 2 N–H and O–H groups in total. The van der Waals surface area contributed by atoms with Crippen molar-refractivity contribution in [2.75, 3.05) is 10.6 Å². The van der Waals surface area contributed by atoms with Gasteiger partial charge in [0.15, 0.2) is 5.69 Å². The molecule has 0 atom stereocenters. The van der Waals surface area contributed by atoms with Gasteiger partial charge in [-0.2, -0.15) is 0 Å². The number of nitrogens with one attached hydrogen (secondary N) is 2. The van der Waals surface area contributed by atoms with Crippen molar-refractivity contribution in [2.45, 2.75) is 26.3 Å². The minimum atomic E-state index is -0.381. The van der Waals surface area contributed by atoms with Crippen LogP contribution in [0.15, 0.2) is 30.3 Å². The van der Waals surface area contributed by atoms with Crippen LogP contribution < -0.4 is 10.6 Å². The summed E-state index contributed by atoms with van der Waals surface area (Å²) >= 11 is 11.8. The molecule has 0 aliphatic carbocycles. The van der Waals surface area contributed by atoms with Crippen molar-refractivity contribution in [2.24, 2.45) is 0 Å². The van der Waals surface area contributed by atoms with Crippen LogP contribution in [0, 0.1) is 0 Å². The third-order valence-corrected chi connectivity index (χ3v) is 2.96. The number of nitrogens with zero attached hydrogens (tertiary/aromatic N) is 2. The second-order valence-electron chi connectivity index (χ2n) is 5.79. The molecular formula is C15H16Cl2N4O. The molecule has 7 heteroatoms. The molecule has 1 heterocycles. The van der Waals surface area contributed by atoms with E-state index in [1.165, 1.54) is 0 Å². The van der Waals surface area contributed by atoms with Crippen molar-refractivity contribution in [3.05, 3.63) is 46.1 Å². The van der Waals surface area contributed by atoms with Crippen LogP contribution in [0.4, 0.5) is 11.5 Å². The van der Waals surface area contributed by atoms with Crippen molar-refractivity contribution < 1.29 is 4.79 Å². The monoisotopic (exact) mass is 338 g/mol. The number of aromatic nitrogens is 2. The lowest BCUT2D eigenvalue weighted by molar-refractivity contribution is 0.102. The molecule has 0 unspecified atom stereocenters. The molecule has 0 fully saturated rings. The first kappa shape index (κ1) is 16.5. The van der Waals surface area contributed by atoms with Crippen LogP contribution in [-0.4, -0.2) is 21.6 Å². The van der Waals surface area contributed by atoms with Gasteiger partial charge in [0.05, 0.1) is 0 Å². The summed E-state index contributed by atoms with van der Waals surface area (Å²) in [6, 6.07) is 8.11. The quantitative estimate of drug-likeness (QED) is 0.877. The molecule has 0 radical (unpaired) electrons. The van der Waals surface area contributed by atoms with Crippen molar-refractivity contribution in [1.29, 1.82) is 0 Å². The number of carbonyl (C=O) groups excluding carboxylic acids is 1. The van der Waals surface area contributed by atoms with E-state index >= 15 is 0 Å². The Kier molecular flexibility index (Phi) is 4.88. The summed E-state index contributed by atoms with van der Waals surface area (Å²) in [4.78, 5) is 12.1. The lowest BCUT2D eigenvalue weighted by Crippen LogP contribution is -2.27. The number of hydrogen-bond donors (Lipinski definition) is 2. The molecule has 5 nitrogen and oxygen atoms in total. The van der Waals surface area contributed by atoms with Gasteiger partial charge in [0.2, 0.25) is 0 Å². The van der Waals surface area contributed by atoms with Crippen LogP contribution in [0.1, 0.15) is 31.3 Å². The van der Waals surface area contributed by atoms with Crippen LogP contribution in [0.3, 0.4) is 0 Å². The van der Waals surface area contributed by atoms with Gasteiger partial charge in [-0.05, 0) is 51.1 Å². The smallest absolute Gasteiger partial charge is 0.276 e. The Hall–Kier alpha value is -1.85. The molecule has 22 heavy (non-hydrogen) atoms. The maximum Gasteiger partial charge on any atom is 0.276 e. The fourth-order valence-electron chi connectivity index (χ4n) is 1.73. The Balaban J connectivity index is 2.09. The molecular weight excluding hydrogens is 323 g/mol. The Morgan fingerprint density at radius 2 is 1.68 bits per heavy atom. The van der Waals surface area contributed by atoms with Gasteiger partial charge in [0.25, 0.3) is 5.91 Å². The molecule has 1 aromatic carbocycles. The fourth-order valence-corrected chi connectivity index (χ4v) is 2.25. The highest BCUT2D eigenvalue weighted by Gasteiger charge is 2.13. The zero-order valence-corrected chi connectivity index (χ0v) is 14.0. The lowest BCUT2D eigenvalue weighted by atomic mass is 10.1. The van der Waals surface area contributed by atoms with Gasteiger partial charge in [0.1, 0.15) is 5.82 Å². The molecule has 0 saturated carbocycles. The molecule has 2 rings (SSSR count). The van der Waals surface area contributed by atoms with Gasteiger partial charge in [0, 0.05) is 21.3 Å². The minimum Gasteiger partial charge on any atom is -0.364 e. The van der Waals surface area contributed by atoms with Gasteiger partial charge < -0.3 is 10.6 Å². The van der Waals surface area contributed by atoms with E-state index in [-0.39, 0.29) is 17.1 Å². The Labute approximate surface area is 139 Å². The van der Waals surface area contributed by atoms with E-state index < -0.39 is 0 Å². The highest BCUT2D eigenvalue weighted by molar-refractivity contribution is 6.35. The van der Waals surface area contributed by atoms with E-state index in [9.17, 15) is 4.79 Å². The maximum absolute atomic E-state index is 12.1. The van der Waals surface area contributed by atoms with Gasteiger partial charge in [-0.3, -0.25) is 4.79 Å². The van der Waals surface area contributed by atoms with Crippen molar-refractivity contribution >= 4 is 40.6 Å². The van der Waals surface area contributed by atoms with Gasteiger partial charge in [-0.25, -0.2) is 0 Å². The fraction of sp³-hybridized carbons (Fsp3) is 0.267. The Bertz CT molecular complexity index is 661. The predicted molar refractivity (Wildman–Crippen MR) is 89.8 cm³/mol. The third kappa shape index (κ3) is 4.86. The summed E-state index contributed by atoms with van der Waals surface area (Å²) in [6.07, 6.45) is 0. The minimum absolute atomic E-state index is 0.129. The van der Waals surface area contributed by atoms with E-state index in [0.717, 1.165) is 0 Å². The van der Waals surface area contributed by atoms with Crippen LogP contribution in [0.2, 0.25) is 10.0 Å². The average molecular weight is 339 g/mol. The van der Waals surface area contributed by atoms with Gasteiger partial charge >= 0.3 is 0 Å². The highest BCUT2D eigenvalue weighted by atomic mass is 35.5. The summed E-state index contributed by atoms with van der Waals surface area (Å²) in [7, 11) is 0. The summed E-state index contributed by atoms with van der Waals surface area (Å²) in [5, 5.41) is 14.6. The van der Waals surface area contributed by atoms with E-state index in [2.05, 4.69) is 20.8 Å². The molecule has 0 spiro atoms. The third-order valence-electron chi connectivity index (χ3n) is 2.52. The largest absolute Gasteiger partial charge is 0.364 e. The highest BCUT2D eigenvalue weighted by Crippen LogP contribution is 2.22. The van der Waals surface area contributed by atoms with Gasteiger partial charge in [-0.1, -0.05) is 23.2 Å². The molecule has 116 valence electrons. The van der Waals surface area contributed by atoms with Crippen molar-refractivity contribution in [3.8, 4) is 0 Å². The number of rotatable bonds is 3. The summed E-state index contributed by atoms with van der Waals surface area (Å²) < 4.78 is 0. The van der Waals surface area contributed by atoms with Crippen molar-refractivity contribution in [3.63, 3.8) is 0 Å². The van der Waals surface area contributed by atoms with Crippen LogP contribution in [-0.2, 0) is 0 Å². The number of halogens is 2. The second kappa shape index (κ2) is 6.50. The summed E-state index contributed by atoms with van der Waals surface area (Å²) in [5.74, 6) is 0.225. The van der Waals surface area contributed by atoms with E-state index in [4.69, 9.17) is 23.2 Å². The SMILES string of the molecule is CC(C)(C)Nc1ccc(C(=O)Nc2cc(Cl)cc(Cl)c2)nn1. The first-order valence-electron chi connectivity index (χ1n) is 6.62. The van der Waals surface area contributed by atoms with E-state index in [0.29, 0.717) is 21.6 Å². The molecule has 0 saturated heterocycles. The van der Waals surface area contributed by atoms with Crippen LogP contribution >= 0.6 is 23.2 Å². The number of carbonyl (C=O) groups is 1. The topological polar surface area (TPSA) is 66.9 Å². The predicted octanol–water partition coefficient (Wildman–Crippen LogP) is 4.25. The standard InChI is InChI=1S/C15H16Cl2N4O/c1-15(2,3)19-13-5-4-12(20-21-13)14(22)18-11-7-9(16)6-10(17)8-11/h4-8H,1-3H3,(H,18,22)(H,19,21). The normalized spacial score (nSPS) is 11.1. The second-order valence-corrected chi connectivity index (χ2v) is 6.66. The Morgan fingerprint density at radius 3 is 2.18 bits per heavy atom. The first-order chi connectivity index (χ1) is 10.2. The first-order valence-corrected chi connectivity index (χ1v) is 7.38. The molecule has 0 aliphatic rings. The van der Waals surface area contributed by atoms with Crippen LogP contribution in [0.25, 0.3) is 0 Å². The van der Waals surface area contributed by atoms with E-state index in [1.807, 2.05) is 20.8 Å². The molecule has 0 aliphatic heterocycles.